The molecule has 0 aromatic heterocycles. The molecule has 0 unspecified atom stereocenters. The fraction of sp³-hybridized carbons (Fsp3) is 0.350. The third-order valence-corrected chi connectivity index (χ3v) is 4.20. The highest BCUT2D eigenvalue weighted by Gasteiger charge is 2.28. The van der Waals surface area contributed by atoms with E-state index in [2.05, 4.69) is 55.6 Å². The van der Waals surface area contributed by atoms with E-state index >= 15 is 0 Å². The fourth-order valence-corrected chi connectivity index (χ4v) is 3.13. The third kappa shape index (κ3) is 3.45. The molecule has 120 valence electrons. The molecule has 0 fully saturated rings. The van der Waals surface area contributed by atoms with E-state index in [1.165, 1.54) is 22.3 Å². The van der Waals surface area contributed by atoms with E-state index < -0.39 is 0 Å². The van der Waals surface area contributed by atoms with E-state index in [9.17, 15) is 4.79 Å². The van der Waals surface area contributed by atoms with Gasteiger partial charge in [-0.1, -0.05) is 62.4 Å². The van der Waals surface area contributed by atoms with Gasteiger partial charge in [-0.25, -0.2) is 0 Å². The summed E-state index contributed by atoms with van der Waals surface area (Å²) in [5.74, 6) is 0.473. The van der Waals surface area contributed by atoms with Gasteiger partial charge in [0.05, 0.1) is 6.54 Å². The molecule has 2 aromatic rings. The number of nitrogens with one attached hydrogen (secondary N) is 1. The molecule has 0 saturated heterocycles. The Bertz CT molecular complexity index is 648. The van der Waals surface area contributed by atoms with Gasteiger partial charge >= 0.3 is 5.97 Å². The number of benzene rings is 2. The lowest BCUT2D eigenvalue weighted by molar-refractivity contribution is -0.142. The summed E-state index contributed by atoms with van der Waals surface area (Å²) in [6.07, 6.45) is 0. The van der Waals surface area contributed by atoms with Gasteiger partial charge in [-0.2, -0.15) is 0 Å². The average molecular weight is 309 g/mol. The summed E-state index contributed by atoms with van der Waals surface area (Å²) in [5.41, 5.74) is 5.00. The molecule has 0 radical (unpaired) electrons. The van der Waals surface area contributed by atoms with E-state index in [1.54, 1.807) is 0 Å². The minimum Gasteiger partial charge on any atom is -0.464 e. The Morgan fingerprint density at radius 2 is 1.61 bits per heavy atom. The Balaban J connectivity index is 1.67. The molecule has 0 heterocycles. The number of carbonyl (C=O) groups is 1. The Morgan fingerprint density at radius 3 is 2.17 bits per heavy atom. The van der Waals surface area contributed by atoms with E-state index in [1.807, 2.05) is 12.1 Å². The molecule has 0 amide bonds. The van der Waals surface area contributed by atoms with Crippen molar-refractivity contribution in [1.29, 1.82) is 0 Å². The molecular formula is C20H23NO2. The molecule has 3 nitrogen and oxygen atoms in total. The highest BCUT2D eigenvalue weighted by atomic mass is 16.5. The van der Waals surface area contributed by atoms with Crippen molar-refractivity contribution in [2.75, 3.05) is 19.7 Å². The molecular weight excluding hydrogens is 286 g/mol. The number of hydrogen-bond acceptors (Lipinski definition) is 3. The molecule has 3 rings (SSSR count). The zero-order valence-electron chi connectivity index (χ0n) is 13.7. The number of hydrogen-bond donors (Lipinski definition) is 1. The molecule has 1 N–H and O–H groups in total. The van der Waals surface area contributed by atoms with Crippen molar-refractivity contribution in [2.45, 2.75) is 19.8 Å². The molecule has 0 spiro atoms. The van der Waals surface area contributed by atoms with Crippen LogP contribution in [-0.4, -0.2) is 25.7 Å². The Morgan fingerprint density at radius 1 is 1.04 bits per heavy atom. The van der Waals surface area contributed by atoms with E-state index in [-0.39, 0.29) is 18.4 Å². The number of fused-ring (bicyclic) bond motifs is 3. The summed E-state index contributed by atoms with van der Waals surface area (Å²) in [5, 5.41) is 3.12. The number of esters is 1. The van der Waals surface area contributed by atoms with E-state index in [0.717, 1.165) is 6.54 Å². The van der Waals surface area contributed by atoms with Crippen molar-refractivity contribution < 1.29 is 9.53 Å². The zero-order chi connectivity index (χ0) is 16.2. The molecule has 2 aromatic carbocycles. The van der Waals surface area contributed by atoms with Gasteiger partial charge in [0.1, 0.15) is 6.61 Å². The molecule has 1 aliphatic rings. The smallest absolute Gasteiger partial charge is 0.319 e. The van der Waals surface area contributed by atoms with Gasteiger partial charge in [0.15, 0.2) is 0 Å². The summed E-state index contributed by atoms with van der Waals surface area (Å²) in [4.78, 5) is 11.9. The summed E-state index contributed by atoms with van der Waals surface area (Å²) in [6.45, 7) is 5.73. The average Bonchev–Trinajstić information content (AvgIpc) is 2.87. The highest BCUT2D eigenvalue weighted by molar-refractivity contribution is 5.79. The van der Waals surface area contributed by atoms with Gasteiger partial charge in [-0.05, 0) is 34.7 Å². The highest BCUT2D eigenvalue weighted by Crippen LogP contribution is 2.44. The van der Waals surface area contributed by atoms with Crippen LogP contribution >= 0.6 is 0 Å². The van der Waals surface area contributed by atoms with Crippen molar-refractivity contribution in [3.63, 3.8) is 0 Å². The third-order valence-electron chi connectivity index (χ3n) is 4.20. The van der Waals surface area contributed by atoms with Crippen molar-refractivity contribution in [3.8, 4) is 11.1 Å². The monoisotopic (exact) mass is 309 g/mol. The molecule has 0 bridgehead atoms. The van der Waals surface area contributed by atoms with Gasteiger partial charge in [0.2, 0.25) is 0 Å². The first-order valence-corrected chi connectivity index (χ1v) is 8.21. The van der Waals surface area contributed by atoms with E-state index in [0.29, 0.717) is 12.5 Å². The van der Waals surface area contributed by atoms with Gasteiger partial charge in [-0.15, -0.1) is 0 Å². The SMILES string of the molecule is CC(C)CNCC(=O)OCC1c2ccccc2-c2ccccc21. The largest absolute Gasteiger partial charge is 0.464 e. The molecule has 1 aliphatic carbocycles. The topological polar surface area (TPSA) is 38.3 Å². The molecule has 0 atom stereocenters. The van der Waals surface area contributed by atoms with Crippen LogP contribution in [0.1, 0.15) is 30.9 Å². The minimum absolute atomic E-state index is 0.136. The van der Waals surface area contributed by atoms with Crippen LogP contribution in [0.3, 0.4) is 0 Å². The predicted molar refractivity (Wildman–Crippen MR) is 92.4 cm³/mol. The van der Waals surface area contributed by atoms with Crippen molar-refractivity contribution >= 4 is 5.97 Å². The molecule has 0 saturated carbocycles. The van der Waals surface area contributed by atoms with Gasteiger partial charge < -0.3 is 10.1 Å². The molecule has 3 heteroatoms. The van der Waals surface area contributed by atoms with E-state index in [4.69, 9.17) is 4.74 Å². The second-order valence-electron chi connectivity index (χ2n) is 6.43. The molecule has 23 heavy (non-hydrogen) atoms. The van der Waals surface area contributed by atoms with Crippen LogP contribution in [0, 0.1) is 5.92 Å². The Kier molecular flexibility index (Phi) is 4.77. The number of carbonyl (C=O) groups excluding carboxylic acids is 1. The first-order valence-electron chi connectivity index (χ1n) is 8.21. The summed E-state index contributed by atoms with van der Waals surface area (Å²) >= 11 is 0. The lowest BCUT2D eigenvalue weighted by Gasteiger charge is -2.14. The maximum Gasteiger partial charge on any atom is 0.319 e. The maximum atomic E-state index is 11.9. The number of rotatable bonds is 6. The zero-order valence-corrected chi connectivity index (χ0v) is 13.7. The van der Waals surface area contributed by atoms with Crippen LogP contribution in [0.25, 0.3) is 11.1 Å². The second kappa shape index (κ2) is 6.97. The van der Waals surface area contributed by atoms with Crippen LogP contribution < -0.4 is 5.32 Å². The van der Waals surface area contributed by atoms with Crippen molar-refractivity contribution in [1.82, 2.24) is 5.32 Å². The summed E-state index contributed by atoms with van der Waals surface area (Å²) in [6, 6.07) is 16.7. The normalized spacial score (nSPS) is 13.0. The standard InChI is InChI=1S/C20H23NO2/c1-14(2)11-21-12-20(22)23-13-19-17-9-5-3-7-15(17)16-8-4-6-10-18(16)19/h3-10,14,19,21H,11-13H2,1-2H3. The quantitative estimate of drug-likeness (QED) is 0.829. The van der Waals surface area contributed by atoms with Crippen LogP contribution in [0.15, 0.2) is 48.5 Å². The van der Waals surface area contributed by atoms with Crippen LogP contribution in [0.5, 0.6) is 0 Å². The van der Waals surface area contributed by atoms with Crippen LogP contribution in [-0.2, 0) is 9.53 Å². The molecule has 0 aliphatic heterocycles. The Hall–Kier alpha value is -2.13. The number of ether oxygens (including phenoxy) is 1. The first kappa shape index (κ1) is 15.8. The van der Waals surface area contributed by atoms with Gasteiger partial charge in [0, 0.05) is 5.92 Å². The minimum atomic E-state index is -0.187. The van der Waals surface area contributed by atoms with Crippen molar-refractivity contribution in [3.05, 3.63) is 59.7 Å². The fourth-order valence-electron chi connectivity index (χ4n) is 3.13. The Labute approximate surface area is 137 Å². The van der Waals surface area contributed by atoms with Crippen LogP contribution in [0.4, 0.5) is 0 Å². The first-order chi connectivity index (χ1) is 11.2. The second-order valence-corrected chi connectivity index (χ2v) is 6.43. The van der Waals surface area contributed by atoms with Gasteiger partial charge in [-0.3, -0.25) is 4.79 Å². The lowest BCUT2D eigenvalue weighted by Crippen LogP contribution is -2.28. The summed E-state index contributed by atoms with van der Waals surface area (Å²) < 4.78 is 5.52. The summed E-state index contributed by atoms with van der Waals surface area (Å²) in [7, 11) is 0. The van der Waals surface area contributed by atoms with Gasteiger partial charge in [0.25, 0.3) is 0 Å². The lowest BCUT2D eigenvalue weighted by atomic mass is 9.98. The van der Waals surface area contributed by atoms with Crippen molar-refractivity contribution in [2.24, 2.45) is 5.92 Å². The maximum absolute atomic E-state index is 11.9. The van der Waals surface area contributed by atoms with Crippen LogP contribution in [0.2, 0.25) is 0 Å². The predicted octanol–water partition coefficient (Wildman–Crippen LogP) is 3.59.